The van der Waals surface area contributed by atoms with E-state index < -0.39 is 26.6 Å². The molecule has 10 nitrogen and oxygen atoms in total. The van der Waals surface area contributed by atoms with Crippen LogP contribution in [0.1, 0.15) is 23.2 Å². The number of carbonyl (C=O) groups excluding carboxylic acids is 2. The van der Waals surface area contributed by atoms with Gasteiger partial charge in [0.1, 0.15) is 16.5 Å². The number of primary amides is 1. The average Bonchev–Trinajstić information content (AvgIpc) is 2.85. The van der Waals surface area contributed by atoms with Gasteiger partial charge in [0.2, 0.25) is 15.9 Å². The number of morpholine rings is 1. The third-order valence-electron chi connectivity index (χ3n) is 5.93. The summed E-state index contributed by atoms with van der Waals surface area (Å²) in [4.78, 5) is 30.0. The van der Waals surface area contributed by atoms with Crippen LogP contribution in [-0.2, 0) is 19.6 Å². The Morgan fingerprint density at radius 1 is 1.15 bits per heavy atom. The normalized spacial score (nSPS) is 19.6. The highest BCUT2D eigenvalue weighted by atomic mass is 32.2. The number of nitrogens with one attached hydrogen (secondary N) is 1. The van der Waals surface area contributed by atoms with Crippen molar-refractivity contribution in [3.05, 3.63) is 47.9 Å². The predicted octanol–water partition coefficient (Wildman–Crippen LogP) is 1.20. The van der Waals surface area contributed by atoms with Gasteiger partial charge >= 0.3 is 0 Å². The van der Waals surface area contributed by atoms with Gasteiger partial charge in [-0.2, -0.15) is 4.31 Å². The van der Waals surface area contributed by atoms with Crippen molar-refractivity contribution in [1.82, 2.24) is 9.29 Å². The maximum atomic E-state index is 14.4. The van der Waals surface area contributed by atoms with Crippen LogP contribution in [0.5, 0.6) is 0 Å². The van der Waals surface area contributed by atoms with Gasteiger partial charge in [-0.25, -0.2) is 17.8 Å². The van der Waals surface area contributed by atoms with Gasteiger partial charge < -0.3 is 20.7 Å². The number of amides is 2. The van der Waals surface area contributed by atoms with E-state index in [1.165, 1.54) is 12.3 Å². The molecule has 34 heavy (non-hydrogen) atoms. The number of piperidine rings is 1. The summed E-state index contributed by atoms with van der Waals surface area (Å²) in [7, 11) is -4.10. The highest BCUT2D eigenvalue weighted by molar-refractivity contribution is 7.89. The van der Waals surface area contributed by atoms with Crippen molar-refractivity contribution in [2.75, 3.05) is 49.6 Å². The van der Waals surface area contributed by atoms with Gasteiger partial charge in [0.15, 0.2) is 0 Å². The smallest absolute Gasteiger partial charge is 0.255 e. The molecular formula is C22H26FN5O5S. The first-order chi connectivity index (χ1) is 16.3. The molecule has 0 aliphatic carbocycles. The monoisotopic (exact) mass is 491 g/mol. The molecule has 0 spiro atoms. The molecule has 0 bridgehead atoms. The second kappa shape index (κ2) is 10.0. The van der Waals surface area contributed by atoms with E-state index in [-0.39, 0.29) is 43.7 Å². The SMILES string of the molecule is NC(=O)C1CCCN(c2ccc(NC(=O)c3ccc(F)c(S(=O)(=O)N4CCOCC4)c3)cn2)C1. The minimum Gasteiger partial charge on any atom is -0.379 e. The van der Waals surface area contributed by atoms with Crippen LogP contribution in [0.15, 0.2) is 41.4 Å². The Kier molecular flexibility index (Phi) is 7.10. The van der Waals surface area contributed by atoms with Crippen LogP contribution in [0.3, 0.4) is 0 Å². The van der Waals surface area contributed by atoms with Crippen molar-refractivity contribution in [3.8, 4) is 0 Å². The van der Waals surface area contributed by atoms with Gasteiger partial charge in [0.05, 0.1) is 31.0 Å². The van der Waals surface area contributed by atoms with Crippen LogP contribution in [-0.4, -0.2) is 68.9 Å². The zero-order chi connectivity index (χ0) is 24.3. The Bertz CT molecular complexity index is 1170. The molecule has 1 unspecified atom stereocenters. The molecular weight excluding hydrogens is 465 g/mol. The molecule has 3 N–H and O–H groups in total. The quantitative estimate of drug-likeness (QED) is 0.620. The molecule has 0 radical (unpaired) electrons. The van der Waals surface area contributed by atoms with Crippen molar-refractivity contribution in [1.29, 1.82) is 0 Å². The highest BCUT2D eigenvalue weighted by Gasteiger charge is 2.30. The molecule has 2 aliphatic rings. The zero-order valence-corrected chi connectivity index (χ0v) is 19.3. The lowest BCUT2D eigenvalue weighted by atomic mass is 9.97. The first-order valence-electron chi connectivity index (χ1n) is 10.9. The number of anilines is 2. The first kappa shape index (κ1) is 24.0. The number of carbonyl (C=O) groups is 2. The second-order valence-electron chi connectivity index (χ2n) is 8.21. The van der Waals surface area contributed by atoms with E-state index in [1.807, 2.05) is 4.90 Å². The van der Waals surface area contributed by atoms with Crippen LogP contribution < -0.4 is 16.0 Å². The van der Waals surface area contributed by atoms with Gasteiger partial charge in [0.25, 0.3) is 5.91 Å². The molecule has 2 amide bonds. The van der Waals surface area contributed by atoms with E-state index in [0.29, 0.717) is 18.1 Å². The Hall–Kier alpha value is -3.09. The van der Waals surface area contributed by atoms with E-state index in [4.69, 9.17) is 10.5 Å². The molecule has 2 fully saturated rings. The summed E-state index contributed by atoms with van der Waals surface area (Å²) in [5.74, 6) is -1.42. The number of rotatable bonds is 6. The second-order valence-corrected chi connectivity index (χ2v) is 10.1. The van der Waals surface area contributed by atoms with Crippen molar-refractivity contribution in [2.24, 2.45) is 11.7 Å². The van der Waals surface area contributed by atoms with Crippen molar-refractivity contribution >= 4 is 33.3 Å². The molecule has 4 rings (SSSR count). The van der Waals surface area contributed by atoms with Crippen molar-refractivity contribution in [2.45, 2.75) is 17.7 Å². The maximum absolute atomic E-state index is 14.4. The molecule has 2 aliphatic heterocycles. The lowest BCUT2D eigenvalue weighted by molar-refractivity contribution is -0.122. The fraction of sp³-hybridized carbons (Fsp3) is 0.409. The number of pyridine rings is 1. The Balaban J connectivity index is 1.47. The number of nitrogens with zero attached hydrogens (tertiary/aromatic N) is 3. The van der Waals surface area contributed by atoms with Crippen LogP contribution in [0.2, 0.25) is 0 Å². The van der Waals surface area contributed by atoms with Crippen molar-refractivity contribution < 1.29 is 27.1 Å². The Morgan fingerprint density at radius 3 is 2.59 bits per heavy atom. The third kappa shape index (κ3) is 5.18. The minimum absolute atomic E-state index is 0.00218. The van der Waals surface area contributed by atoms with E-state index in [2.05, 4.69) is 10.3 Å². The van der Waals surface area contributed by atoms with Gasteiger partial charge in [-0.1, -0.05) is 0 Å². The number of ether oxygens (including phenoxy) is 1. The lowest BCUT2D eigenvalue weighted by Gasteiger charge is -2.32. The van der Waals surface area contributed by atoms with Crippen LogP contribution in [0.4, 0.5) is 15.9 Å². The Labute approximate surface area is 196 Å². The summed E-state index contributed by atoms with van der Waals surface area (Å²) in [5, 5.41) is 2.65. The zero-order valence-electron chi connectivity index (χ0n) is 18.4. The minimum atomic E-state index is -4.10. The summed E-state index contributed by atoms with van der Waals surface area (Å²) in [6, 6.07) is 6.60. The summed E-state index contributed by atoms with van der Waals surface area (Å²) in [6.07, 6.45) is 3.05. The van der Waals surface area contributed by atoms with E-state index >= 15 is 0 Å². The largest absolute Gasteiger partial charge is 0.379 e. The van der Waals surface area contributed by atoms with Crippen LogP contribution in [0, 0.1) is 11.7 Å². The van der Waals surface area contributed by atoms with E-state index in [0.717, 1.165) is 35.8 Å². The summed E-state index contributed by atoms with van der Waals surface area (Å²) < 4.78 is 46.4. The van der Waals surface area contributed by atoms with E-state index in [9.17, 15) is 22.4 Å². The fourth-order valence-electron chi connectivity index (χ4n) is 4.04. The topological polar surface area (TPSA) is 135 Å². The molecule has 2 saturated heterocycles. The Morgan fingerprint density at radius 2 is 1.91 bits per heavy atom. The third-order valence-corrected chi connectivity index (χ3v) is 7.85. The van der Waals surface area contributed by atoms with Gasteiger partial charge in [0, 0.05) is 31.7 Å². The van der Waals surface area contributed by atoms with Gasteiger partial charge in [-0.3, -0.25) is 9.59 Å². The van der Waals surface area contributed by atoms with Crippen LogP contribution >= 0.6 is 0 Å². The average molecular weight is 492 g/mol. The summed E-state index contributed by atoms with van der Waals surface area (Å²) in [6.45, 7) is 1.93. The molecule has 1 aromatic carbocycles. The van der Waals surface area contributed by atoms with Crippen molar-refractivity contribution in [3.63, 3.8) is 0 Å². The molecule has 1 atom stereocenters. The molecule has 1 aromatic heterocycles. The number of halogens is 1. The number of aromatic nitrogens is 1. The number of nitrogens with two attached hydrogens (primary N) is 1. The standard InChI is InChI=1S/C22H26FN5O5S/c23-18-5-3-15(12-19(18)34(31,32)28-8-10-33-11-9-28)22(30)26-17-4-6-20(25-13-17)27-7-1-2-16(14-27)21(24)29/h3-6,12-13,16H,1-2,7-11,14H2,(H2,24,29)(H,26,30). The van der Waals surface area contributed by atoms with Gasteiger partial charge in [-0.15, -0.1) is 0 Å². The molecule has 182 valence electrons. The number of hydrogen-bond donors (Lipinski definition) is 2. The summed E-state index contributed by atoms with van der Waals surface area (Å²) in [5.41, 5.74) is 5.81. The predicted molar refractivity (Wildman–Crippen MR) is 122 cm³/mol. The molecule has 2 aromatic rings. The summed E-state index contributed by atoms with van der Waals surface area (Å²) >= 11 is 0. The van der Waals surface area contributed by atoms with Crippen LogP contribution in [0.25, 0.3) is 0 Å². The molecule has 3 heterocycles. The van der Waals surface area contributed by atoms with Gasteiger partial charge in [-0.05, 0) is 43.2 Å². The fourth-order valence-corrected chi connectivity index (χ4v) is 5.53. The molecule has 12 heteroatoms. The number of hydrogen-bond acceptors (Lipinski definition) is 7. The first-order valence-corrected chi connectivity index (χ1v) is 12.4. The number of sulfonamides is 1. The lowest BCUT2D eigenvalue weighted by Crippen LogP contribution is -2.41. The number of benzene rings is 1. The highest BCUT2D eigenvalue weighted by Crippen LogP contribution is 2.24. The van der Waals surface area contributed by atoms with E-state index in [1.54, 1.807) is 12.1 Å². The maximum Gasteiger partial charge on any atom is 0.255 e. The molecule has 0 saturated carbocycles.